The molecule has 0 heterocycles. The lowest BCUT2D eigenvalue weighted by atomic mass is 10.0. The second kappa shape index (κ2) is 4.25. The molecular formula is C10H8BrNO2. The number of nitriles is 1. The number of hydrogen-bond donors (Lipinski definition) is 1. The summed E-state index contributed by atoms with van der Waals surface area (Å²) in [5.74, 6) is -1.08. The van der Waals surface area contributed by atoms with Gasteiger partial charge in [-0.2, -0.15) is 5.26 Å². The number of nitrogens with zero attached hydrogens (tertiary/aromatic N) is 1. The van der Waals surface area contributed by atoms with Gasteiger partial charge in [0.05, 0.1) is 11.1 Å². The van der Waals surface area contributed by atoms with Gasteiger partial charge in [-0.15, -0.1) is 0 Å². The highest BCUT2D eigenvalue weighted by Gasteiger charge is 2.16. The van der Waals surface area contributed by atoms with E-state index >= 15 is 0 Å². The molecule has 0 aromatic heterocycles. The third kappa shape index (κ3) is 1.78. The van der Waals surface area contributed by atoms with E-state index in [1.54, 1.807) is 12.1 Å². The quantitative estimate of drug-likeness (QED) is 0.882. The molecule has 1 N–H and O–H groups in total. The van der Waals surface area contributed by atoms with E-state index in [0.717, 1.165) is 5.56 Å². The summed E-state index contributed by atoms with van der Waals surface area (Å²) in [7, 11) is 0. The van der Waals surface area contributed by atoms with Gasteiger partial charge in [-0.25, -0.2) is 4.79 Å². The Labute approximate surface area is 90.1 Å². The Morgan fingerprint density at radius 1 is 1.64 bits per heavy atom. The van der Waals surface area contributed by atoms with Crippen LogP contribution in [0, 0.1) is 11.3 Å². The van der Waals surface area contributed by atoms with E-state index in [-0.39, 0.29) is 11.1 Å². The molecule has 0 amide bonds. The van der Waals surface area contributed by atoms with Crippen molar-refractivity contribution in [3.05, 3.63) is 33.3 Å². The Bertz CT molecular complexity index is 421. The maximum atomic E-state index is 10.9. The first-order valence-electron chi connectivity index (χ1n) is 4.06. The fraction of sp³-hybridized carbons (Fsp3) is 0.200. The van der Waals surface area contributed by atoms with Crippen molar-refractivity contribution in [1.29, 1.82) is 5.26 Å². The highest BCUT2D eigenvalue weighted by Crippen LogP contribution is 2.23. The van der Waals surface area contributed by atoms with Gasteiger partial charge in [-0.05, 0) is 34.0 Å². The van der Waals surface area contributed by atoms with Crippen LogP contribution in [0.5, 0.6) is 0 Å². The van der Waals surface area contributed by atoms with Gasteiger partial charge in [0.15, 0.2) is 0 Å². The second-order valence-electron chi connectivity index (χ2n) is 2.73. The van der Waals surface area contributed by atoms with E-state index < -0.39 is 5.97 Å². The third-order valence-corrected chi connectivity index (χ3v) is 2.61. The number of halogens is 1. The molecule has 0 saturated carbocycles. The molecule has 0 aliphatic rings. The highest BCUT2D eigenvalue weighted by molar-refractivity contribution is 9.10. The van der Waals surface area contributed by atoms with Gasteiger partial charge in [0.2, 0.25) is 0 Å². The summed E-state index contributed by atoms with van der Waals surface area (Å²) in [4.78, 5) is 10.9. The van der Waals surface area contributed by atoms with Gasteiger partial charge in [0, 0.05) is 4.47 Å². The largest absolute Gasteiger partial charge is 0.478 e. The Morgan fingerprint density at radius 2 is 2.29 bits per heavy atom. The van der Waals surface area contributed by atoms with E-state index in [9.17, 15) is 4.79 Å². The zero-order chi connectivity index (χ0) is 10.7. The molecular weight excluding hydrogens is 246 g/mol. The molecule has 0 unspecified atom stereocenters. The molecule has 0 saturated heterocycles. The fourth-order valence-corrected chi connectivity index (χ4v) is 1.75. The number of carboxylic acids is 1. The minimum absolute atomic E-state index is 0.0480. The first-order chi connectivity index (χ1) is 6.61. The molecule has 0 fully saturated rings. The monoisotopic (exact) mass is 253 g/mol. The molecule has 0 atom stereocenters. The van der Waals surface area contributed by atoms with Crippen LogP contribution >= 0.6 is 15.9 Å². The lowest BCUT2D eigenvalue weighted by molar-refractivity contribution is 0.0695. The Kier molecular flexibility index (Phi) is 3.26. The van der Waals surface area contributed by atoms with Crippen LogP contribution in [-0.4, -0.2) is 11.1 Å². The zero-order valence-electron chi connectivity index (χ0n) is 7.54. The van der Waals surface area contributed by atoms with Crippen molar-refractivity contribution < 1.29 is 9.90 Å². The zero-order valence-corrected chi connectivity index (χ0v) is 9.13. The van der Waals surface area contributed by atoms with Gasteiger partial charge in [0.1, 0.15) is 6.07 Å². The van der Waals surface area contributed by atoms with E-state index in [1.165, 1.54) is 0 Å². The van der Waals surface area contributed by atoms with E-state index in [1.807, 2.05) is 13.0 Å². The van der Waals surface area contributed by atoms with Crippen molar-refractivity contribution >= 4 is 21.9 Å². The van der Waals surface area contributed by atoms with Gasteiger partial charge in [0.25, 0.3) is 0 Å². The molecule has 1 aromatic rings. The maximum Gasteiger partial charge on any atom is 0.338 e. The Morgan fingerprint density at radius 3 is 2.71 bits per heavy atom. The number of rotatable bonds is 2. The lowest BCUT2D eigenvalue weighted by Gasteiger charge is -2.06. The van der Waals surface area contributed by atoms with Gasteiger partial charge in [-0.3, -0.25) is 0 Å². The second-order valence-corrected chi connectivity index (χ2v) is 3.58. The number of aromatic carboxylic acids is 1. The third-order valence-electron chi connectivity index (χ3n) is 1.95. The van der Waals surface area contributed by atoms with Gasteiger partial charge < -0.3 is 5.11 Å². The number of carbonyl (C=O) groups is 1. The minimum Gasteiger partial charge on any atom is -0.478 e. The van der Waals surface area contributed by atoms with Crippen LogP contribution < -0.4 is 0 Å². The fourth-order valence-electron chi connectivity index (χ4n) is 1.25. The van der Waals surface area contributed by atoms with Crippen LogP contribution in [0.3, 0.4) is 0 Å². The number of hydrogen-bond acceptors (Lipinski definition) is 2. The average molecular weight is 254 g/mol. The molecule has 0 bridgehead atoms. The van der Waals surface area contributed by atoms with Gasteiger partial charge in [-0.1, -0.05) is 13.0 Å². The summed E-state index contributed by atoms with van der Waals surface area (Å²) in [5, 5.41) is 17.8. The van der Waals surface area contributed by atoms with Crippen molar-refractivity contribution in [2.24, 2.45) is 0 Å². The Balaban J connectivity index is 3.53. The summed E-state index contributed by atoms with van der Waals surface area (Å²) in [6, 6.07) is 5.34. The first kappa shape index (κ1) is 10.7. The smallest absolute Gasteiger partial charge is 0.338 e. The molecule has 72 valence electrons. The molecule has 0 aliphatic carbocycles. The molecule has 0 spiro atoms. The Hall–Kier alpha value is -1.34. The molecule has 3 nitrogen and oxygen atoms in total. The van der Waals surface area contributed by atoms with Crippen molar-refractivity contribution in [2.75, 3.05) is 0 Å². The molecule has 0 aliphatic heterocycles. The summed E-state index contributed by atoms with van der Waals surface area (Å²) in [5.41, 5.74) is 1.05. The van der Waals surface area contributed by atoms with Crippen molar-refractivity contribution in [2.45, 2.75) is 13.3 Å². The first-order valence-corrected chi connectivity index (χ1v) is 4.85. The van der Waals surface area contributed by atoms with Crippen LogP contribution in [-0.2, 0) is 6.42 Å². The van der Waals surface area contributed by atoms with Crippen molar-refractivity contribution in [3.8, 4) is 6.07 Å². The number of benzene rings is 1. The van der Waals surface area contributed by atoms with Crippen LogP contribution in [0.15, 0.2) is 16.6 Å². The van der Waals surface area contributed by atoms with Crippen LogP contribution in [0.1, 0.15) is 28.4 Å². The number of aryl methyl sites for hydroxylation is 1. The van der Waals surface area contributed by atoms with E-state index in [4.69, 9.17) is 10.4 Å². The normalized spacial score (nSPS) is 9.50. The van der Waals surface area contributed by atoms with Crippen LogP contribution in [0.4, 0.5) is 0 Å². The van der Waals surface area contributed by atoms with Crippen LogP contribution in [0.2, 0.25) is 0 Å². The predicted octanol–water partition coefficient (Wildman–Crippen LogP) is 2.58. The molecule has 1 aromatic carbocycles. The summed E-state index contributed by atoms with van der Waals surface area (Å²) < 4.78 is 0.443. The van der Waals surface area contributed by atoms with E-state index in [0.29, 0.717) is 10.9 Å². The SMILES string of the molecule is CCc1ccc(Br)c(C(=O)O)c1C#N. The lowest BCUT2D eigenvalue weighted by Crippen LogP contribution is -2.04. The van der Waals surface area contributed by atoms with Crippen LogP contribution in [0.25, 0.3) is 0 Å². The number of carboxylic acid groups (broad SMARTS) is 1. The standard InChI is InChI=1S/C10H8BrNO2/c1-2-6-3-4-8(11)9(10(13)14)7(6)5-12/h3-4H,2H2,1H3,(H,13,14). The van der Waals surface area contributed by atoms with Crippen molar-refractivity contribution in [1.82, 2.24) is 0 Å². The summed E-state index contributed by atoms with van der Waals surface area (Å²) >= 11 is 3.12. The molecule has 0 radical (unpaired) electrons. The maximum absolute atomic E-state index is 10.9. The summed E-state index contributed by atoms with van der Waals surface area (Å²) in [6.07, 6.45) is 0.649. The summed E-state index contributed by atoms with van der Waals surface area (Å²) in [6.45, 7) is 1.88. The van der Waals surface area contributed by atoms with Gasteiger partial charge >= 0.3 is 5.97 Å². The molecule has 14 heavy (non-hydrogen) atoms. The topological polar surface area (TPSA) is 61.1 Å². The highest BCUT2D eigenvalue weighted by atomic mass is 79.9. The minimum atomic E-state index is -1.08. The van der Waals surface area contributed by atoms with E-state index in [2.05, 4.69) is 15.9 Å². The van der Waals surface area contributed by atoms with Crippen molar-refractivity contribution in [3.63, 3.8) is 0 Å². The predicted molar refractivity (Wildman–Crippen MR) is 55.2 cm³/mol. The average Bonchev–Trinajstić information content (AvgIpc) is 2.16. The molecule has 4 heteroatoms. The molecule has 1 rings (SSSR count).